The average Bonchev–Trinajstić information content (AvgIpc) is 3.32. The molecule has 0 radical (unpaired) electrons. The summed E-state index contributed by atoms with van der Waals surface area (Å²) < 4.78 is 31.4. The van der Waals surface area contributed by atoms with Crippen LogP contribution in [0.25, 0.3) is 16.7 Å². The first-order valence-electron chi connectivity index (χ1n) is 9.53. The van der Waals surface area contributed by atoms with Crippen molar-refractivity contribution in [2.45, 2.75) is 12.5 Å². The molecule has 4 heterocycles. The third-order valence-electron chi connectivity index (χ3n) is 5.35. The molecule has 0 unspecified atom stereocenters. The lowest BCUT2D eigenvalue weighted by molar-refractivity contribution is 0.176. The lowest BCUT2D eigenvalue weighted by Crippen LogP contribution is -2.46. The highest BCUT2D eigenvalue weighted by Crippen LogP contribution is 2.36. The molecule has 3 aromatic heterocycles. The first kappa shape index (κ1) is 18.6. The Hall–Kier alpha value is -3.46. The highest BCUT2D eigenvalue weighted by atomic mass is 19.1. The Labute approximate surface area is 171 Å². The Morgan fingerprint density at radius 1 is 1.17 bits per heavy atom. The largest absolute Gasteiger partial charge is 0.481 e. The molecule has 30 heavy (non-hydrogen) atoms. The molecule has 1 aromatic carbocycles. The molecule has 154 valence electrons. The molecule has 0 bridgehead atoms. The second kappa shape index (κ2) is 7.42. The maximum absolute atomic E-state index is 13.4. The Morgan fingerprint density at radius 3 is 2.77 bits per heavy atom. The fourth-order valence-corrected chi connectivity index (χ4v) is 3.80. The minimum atomic E-state index is -0.300. The molecule has 1 aliphatic rings. The van der Waals surface area contributed by atoms with Crippen LogP contribution in [0.15, 0.2) is 47.2 Å². The monoisotopic (exact) mass is 409 g/mol. The van der Waals surface area contributed by atoms with E-state index >= 15 is 0 Å². The van der Waals surface area contributed by atoms with Gasteiger partial charge in [-0.2, -0.15) is 0 Å². The highest BCUT2D eigenvalue weighted by Gasteiger charge is 2.34. The van der Waals surface area contributed by atoms with Crippen molar-refractivity contribution in [3.63, 3.8) is 0 Å². The summed E-state index contributed by atoms with van der Waals surface area (Å²) in [5.74, 6) is 1.91. The van der Waals surface area contributed by atoms with Crippen molar-refractivity contribution in [3.05, 3.63) is 60.0 Å². The number of hydrogen-bond acceptors (Lipinski definition) is 7. The van der Waals surface area contributed by atoms with Crippen LogP contribution in [0.4, 0.5) is 10.3 Å². The van der Waals surface area contributed by atoms with Crippen molar-refractivity contribution in [2.24, 2.45) is 0 Å². The van der Waals surface area contributed by atoms with Crippen LogP contribution in [0.2, 0.25) is 0 Å². The fraction of sp³-hybridized carbons (Fsp3) is 0.286. The fourth-order valence-electron chi connectivity index (χ4n) is 3.80. The number of nitrogens with zero attached hydrogens (tertiary/aromatic N) is 5. The third kappa shape index (κ3) is 3.07. The summed E-state index contributed by atoms with van der Waals surface area (Å²) in [6, 6.07) is 8.36. The van der Waals surface area contributed by atoms with Gasteiger partial charge in [0.2, 0.25) is 11.8 Å². The number of furan rings is 1. The molecular weight excluding hydrogens is 389 g/mol. The quantitative estimate of drug-likeness (QED) is 0.483. The van der Waals surface area contributed by atoms with Gasteiger partial charge in [0.05, 0.1) is 25.3 Å². The number of fused-ring (bicyclic) bond motifs is 1. The van der Waals surface area contributed by atoms with E-state index in [0.29, 0.717) is 23.9 Å². The average molecular weight is 409 g/mol. The van der Waals surface area contributed by atoms with Crippen LogP contribution in [-0.4, -0.2) is 47.1 Å². The number of benzene rings is 1. The van der Waals surface area contributed by atoms with E-state index in [2.05, 4.69) is 20.1 Å². The second-order valence-electron chi connectivity index (χ2n) is 7.18. The van der Waals surface area contributed by atoms with Gasteiger partial charge in [-0.3, -0.25) is 4.57 Å². The molecule has 0 atom stereocenters. The van der Waals surface area contributed by atoms with Crippen molar-refractivity contribution < 1.29 is 18.3 Å². The number of pyridine rings is 1. The third-order valence-corrected chi connectivity index (χ3v) is 5.35. The lowest BCUT2D eigenvalue weighted by Gasteiger charge is -2.39. The number of aromatic nitrogens is 4. The smallest absolute Gasteiger partial charge is 0.232 e. The van der Waals surface area contributed by atoms with Crippen LogP contribution in [0, 0.1) is 5.82 Å². The van der Waals surface area contributed by atoms with E-state index in [1.54, 1.807) is 38.8 Å². The SMILES string of the molecule is COCc1nnc(N2CC(c3coc4cc(F)ccc34)C2)n1-c1ccc(OC)nc1. The van der Waals surface area contributed by atoms with Crippen molar-refractivity contribution in [1.29, 1.82) is 0 Å². The highest BCUT2D eigenvalue weighted by molar-refractivity contribution is 5.82. The lowest BCUT2D eigenvalue weighted by atomic mass is 9.91. The number of rotatable bonds is 6. The van der Waals surface area contributed by atoms with Crippen molar-refractivity contribution in [2.75, 3.05) is 32.2 Å². The van der Waals surface area contributed by atoms with Crippen LogP contribution < -0.4 is 9.64 Å². The van der Waals surface area contributed by atoms with E-state index < -0.39 is 0 Å². The first-order valence-corrected chi connectivity index (χ1v) is 9.53. The number of methoxy groups -OCH3 is 2. The summed E-state index contributed by atoms with van der Waals surface area (Å²) in [5, 5.41) is 9.64. The maximum Gasteiger partial charge on any atom is 0.232 e. The van der Waals surface area contributed by atoms with Gasteiger partial charge in [-0.1, -0.05) is 0 Å². The normalized spacial score (nSPS) is 14.3. The summed E-state index contributed by atoms with van der Waals surface area (Å²) >= 11 is 0. The van der Waals surface area contributed by atoms with Crippen molar-refractivity contribution >= 4 is 16.9 Å². The van der Waals surface area contributed by atoms with Gasteiger partial charge in [-0.05, 0) is 18.2 Å². The van der Waals surface area contributed by atoms with Crippen LogP contribution in [0.1, 0.15) is 17.3 Å². The van der Waals surface area contributed by atoms with Gasteiger partial charge < -0.3 is 18.8 Å². The van der Waals surface area contributed by atoms with Crippen molar-refractivity contribution in [1.82, 2.24) is 19.7 Å². The van der Waals surface area contributed by atoms with Gasteiger partial charge in [-0.25, -0.2) is 9.37 Å². The van der Waals surface area contributed by atoms with Gasteiger partial charge in [0.15, 0.2) is 5.82 Å². The second-order valence-corrected chi connectivity index (χ2v) is 7.18. The predicted octanol–water partition coefficient (Wildman–Crippen LogP) is 3.31. The van der Waals surface area contributed by atoms with E-state index in [-0.39, 0.29) is 11.7 Å². The zero-order valence-corrected chi connectivity index (χ0v) is 16.6. The van der Waals surface area contributed by atoms with E-state index in [0.717, 1.165) is 35.7 Å². The zero-order valence-electron chi connectivity index (χ0n) is 16.6. The maximum atomic E-state index is 13.4. The van der Waals surface area contributed by atoms with Gasteiger partial charge >= 0.3 is 0 Å². The molecule has 1 aliphatic heterocycles. The number of halogens is 1. The minimum absolute atomic E-state index is 0.265. The van der Waals surface area contributed by atoms with Crippen LogP contribution >= 0.6 is 0 Å². The van der Waals surface area contributed by atoms with E-state index in [1.165, 1.54) is 12.1 Å². The van der Waals surface area contributed by atoms with Crippen LogP contribution in [-0.2, 0) is 11.3 Å². The molecule has 9 heteroatoms. The summed E-state index contributed by atoms with van der Waals surface area (Å²) in [7, 11) is 3.20. The van der Waals surface area contributed by atoms with E-state index in [1.807, 2.05) is 10.6 Å². The van der Waals surface area contributed by atoms with Crippen LogP contribution in [0.5, 0.6) is 5.88 Å². The Bertz CT molecular complexity index is 1180. The van der Waals surface area contributed by atoms with Gasteiger partial charge in [0.1, 0.15) is 18.0 Å². The van der Waals surface area contributed by atoms with E-state index in [9.17, 15) is 4.39 Å². The van der Waals surface area contributed by atoms with Crippen LogP contribution in [0.3, 0.4) is 0 Å². The van der Waals surface area contributed by atoms with Gasteiger partial charge in [0, 0.05) is 49.2 Å². The topological polar surface area (TPSA) is 78.4 Å². The summed E-state index contributed by atoms with van der Waals surface area (Å²) in [5.41, 5.74) is 2.48. The molecular formula is C21H20FN5O3. The van der Waals surface area contributed by atoms with E-state index in [4.69, 9.17) is 13.9 Å². The Morgan fingerprint density at radius 2 is 2.03 bits per heavy atom. The van der Waals surface area contributed by atoms with Crippen molar-refractivity contribution in [3.8, 4) is 11.6 Å². The standard InChI is InChI=1S/C21H20FN5O3/c1-28-12-19-24-25-21(27(19)15-4-6-20(29-2)23-8-15)26-9-13(10-26)17-11-30-18-7-14(22)3-5-16(17)18/h3-8,11,13H,9-10,12H2,1-2H3. The molecule has 0 N–H and O–H groups in total. The zero-order chi connectivity index (χ0) is 20.7. The van der Waals surface area contributed by atoms with Gasteiger partial charge in [-0.15, -0.1) is 10.2 Å². The molecule has 8 nitrogen and oxygen atoms in total. The summed E-state index contributed by atoms with van der Waals surface area (Å²) in [6.45, 7) is 1.83. The Kier molecular flexibility index (Phi) is 4.59. The number of ether oxygens (including phenoxy) is 2. The summed E-state index contributed by atoms with van der Waals surface area (Å²) in [6.07, 6.45) is 3.45. The molecule has 0 aliphatic carbocycles. The Balaban J connectivity index is 1.42. The predicted molar refractivity (Wildman–Crippen MR) is 108 cm³/mol. The summed E-state index contributed by atoms with van der Waals surface area (Å²) in [4.78, 5) is 6.44. The molecule has 0 saturated carbocycles. The molecule has 1 fully saturated rings. The molecule has 4 aromatic rings. The minimum Gasteiger partial charge on any atom is -0.481 e. The number of hydrogen-bond donors (Lipinski definition) is 0. The van der Waals surface area contributed by atoms with Gasteiger partial charge in [0.25, 0.3) is 0 Å². The number of anilines is 1. The molecule has 0 amide bonds. The molecule has 1 saturated heterocycles. The first-order chi connectivity index (χ1) is 14.7. The molecule has 5 rings (SSSR count). The molecule has 0 spiro atoms.